The molecule has 2 unspecified atom stereocenters. The van der Waals surface area contributed by atoms with E-state index >= 15 is 0 Å². The molecule has 0 aliphatic heterocycles. The van der Waals surface area contributed by atoms with Crippen molar-refractivity contribution >= 4 is 11.9 Å². The minimum absolute atomic E-state index is 0.288. The van der Waals surface area contributed by atoms with Crippen LogP contribution in [0, 0.1) is 0 Å². The number of hydrogen-bond acceptors (Lipinski definition) is 4. The van der Waals surface area contributed by atoms with Gasteiger partial charge in [-0.25, -0.2) is 9.59 Å². The summed E-state index contributed by atoms with van der Waals surface area (Å²) in [4.78, 5) is 24.0. The molecule has 0 N–H and O–H groups in total. The summed E-state index contributed by atoms with van der Waals surface area (Å²) in [5.41, 5.74) is 1.06. The molecule has 2 aromatic rings. The van der Waals surface area contributed by atoms with Gasteiger partial charge in [-0.2, -0.15) is 0 Å². The zero-order valence-electron chi connectivity index (χ0n) is 13.1. The molecule has 0 saturated carbocycles. The third-order valence-electron chi connectivity index (χ3n) is 3.81. The fraction of sp³-hybridized carbons (Fsp3) is 0.200. The van der Waals surface area contributed by atoms with E-state index in [0.29, 0.717) is 24.0 Å². The highest BCUT2D eigenvalue weighted by atomic mass is 16.6. The molecule has 3 rings (SSSR count). The van der Waals surface area contributed by atoms with Crippen molar-refractivity contribution in [3.05, 3.63) is 83.9 Å². The van der Waals surface area contributed by atoms with E-state index in [9.17, 15) is 9.59 Å². The fourth-order valence-electron chi connectivity index (χ4n) is 2.52. The van der Waals surface area contributed by atoms with Gasteiger partial charge in [0, 0.05) is 0 Å². The van der Waals surface area contributed by atoms with Crippen molar-refractivity contribution in [2.24, 2.45) is 0 Å². The average Bonchev–Trinajstić information content (AvgIpc) is 2.65. The first-order valence-electron chi connectivity index (χ1n) is 7.93. The van der Waals surface area contributed by atoms with Crippen LogP contribution in [-0.2, 0) is 9.47 Å². The van der Waals surface area contributed by atoms with Crippen molar-refractivity contribution in [1.82, 2.24) is 0 Å². The molecule has 2 aromatic carbocycles. The van der Waals surface area contributed by atoms with Crippen LogP contribution in [0.4, 0.5) is 0 Å². The number of rotatable bonds is 4. The molecular formula is C20H18O4. The van der Waals surface area contributed by atoms with Crippen molar-refractivity contribution < 1.29 is 19.1 Å². The van der Waals surface area contributed by atoms with E-state index in [1.165, 1.54) is 0 Å². The Balaban J connectivity index is 1.53. The van der Waals surface area contributed by atoms with Crippen LogP contribution in [-0.4, -0.2) is 24.1 Å². The molecule has 24 heavy (non-hydrogen) atoms. The molecule has 1 aliphatic rings. The highest BCUT2D eigenvalue weighted by molar-refractivity contribution is 5.90. The number of carbonyl (C=O) groups is 2. The predicted octanol–water partition coefficient (Wildman–Crippen LogP) is 3.79. The molecule has 0 aromatic heterocycles. The second-order valence-electron chi connectivity index (χ2n) is 5.58. The van der Waals surface area contributed by atoms with E-state index in [1.54, 1.807) is 60.7 Å². The van der Waals surface area contributed by atoms with Crippen LogP contribution in [0.2, 0.25) is 0 Å². The Kier molecular flexibility index (Phi) is 5.06. The first-order chi connectivity index (χ1) is 11.7. The van der Waals surface area contributed by atoms with Crippen molar-refractivity contribution in [1.29, 1.82) is 0 Å². The normalized spacial score (nSPS) is 19.5. The standard InChI is InChI=1S/C20H18O4/c21-19(15-7-3-1-4-8-15)23-17-11-13-18(14-12-17)24-20(22)16-9-5-2-6-10-16/h1-11,13,17-18H,12,14H2. The summed E-state index contributed by atoms with van der Waals surface area (Å²) in [7, 11) is 0. The van der Waals surface area contributed by atoms with Crippen LogP contribution in [0.5, 0.6) is 0 Å². The Hall–Kier alpha value is -2.88. The molecule has 0 heterocycles. The summed E-state index contributed by atoms with van der Waals surface area (Å²) in [5.74, 6) is -0.685. The van der Waals surface area contributed by atoms with E-state index in [4.69, 9.17) is 9.47 Å². The van der Waals surface area contributed by atoms with Crippen LogP contribution in [0.15, 0.2) is 72.8 Å². The summed E-state index contributed by atoms with van der Waals surface area (Å²) < 4.78 is 10.9. The maximum Gasteiger partial charge on any atom is 0.338 e. The molecule has 1 aliphatic carbocycles. The smallest absolute Gasteiger partial charge is 0.338 e. The van der Waals surface area contributed by atoms with Crippen LogP contribution >= 0.6 is 0 Å². The van der Waals surface area contributed by atoms with Crippen molar-refractivity contribution in [2.75, 3.05) is 0 Å². The monoisotopic (exact) mass is 322 g/mol. The second-order valence-corrected chi connectivity index (χ2v) is 5.58. The van der Waals surface area contributed by atoms with E-state index in [-0.39, 0.29) is 24.1 Å². The van der Waals surface area contributed by atoms with E-state index in [0.717, 1.165) is 0 Å². The molecule has 0 saturated heterocycles. The van der Waals surface area contributed by atoms with Gasteiger partial charge in [0.15, 0.2) is 0 Å². The van der Waals surface area contributed by atoms with Crippen LogP contribution in [0.1, 0.15) is 33.6 Å². The molecule has 0 amide bonds. The maximum absolute atomic E-state index is 12.0. The van der Waals surface area contributed by atoms with Gasteiger partial charge in [0.25, 0.3) is 0 Å². The van der Waals surface area contributed by atoms with Crippen LogP contribution in [0.25, 0.3) is 0 Å². The summed E-state index contributed by atoms with van der Waals surface area (Å²) in [5, 5.41) is 0. The van der Waals surface area contributed by atoms with E-state index in [1.807, 2.05) is 12.1 Å². The molecular weight excluding hydrogens is 304 g/mol. The summed E-state index contributed by atoms with van der Waals surface area (Å²) in [6, 6.07) is 17.8. The van der Waals surface area contributed by atoms with Gasteiger partial charge in [0.1, 0.15) is 12.2 Å². The lowest BCUT2D eigenvalue weighted by Crippen LogP contribution is -2.25. The third kappa shape index (κ3) is 4.10. The Labute approximate surface area is 140 Å². The fourth-order valence-corrected chi connectivity index (χ4v) is 2.52. The molecule has 0 fully saturated rings. The Morgan fingerprint density at radius 3 is 1.38 bits per heavy atom. The number of hydrogen-bond donors (Lipinski definition) is 0. The van der Waals surface area contributed by atoms with Gasteiger partial charge < -0.3 is 9.47 Å². The molecule has 0 bridgehead atoms. The largest absolute Gasteiger partial charge is 0.455 e. The molecule has 4 nitrogen and oxygen atoms in total. The Morgan fingerprint density at radius 2 is 1.04 bits per heavy atom. The first kappa shape index (κ1) is 16.0. The molecule has 2 atom stereocenters. The average molecular weight is 322 g/mol. The Bertz CT molecular complexity index is 658. The minimum Gasteiger partial charge on any atom is -0.455 e. The highest BCUT2D eigenvalue weighted by Crippen LogP contribution is 2.19. The van der Waals surface area contributed by atoms with Gasteiger partial charge in [-0.05, 0) is 49.3 Å². The van der Waals surface area contributed by atoms with Gasteiger partial charge in [-0.3, -0.25) is 0 Å². The van der Waals surface area contributed by atoms with Gasteiger partial charge in [-0.15, -0.1) is 0 Å². The lowest BCUT2D eigenvalue weighted by atomic mass is 10.0. The topological polar surface area (TPSA) is 52.6 Å². The summed E-state index contributed by atoms with van der Waals surface area (Å²) >= 11 is 0. The van der Waals surface area contributed by atoms with Crippen molar-refractivity contribution in [2.45, 2.75) is 25.0 Å². The van der Waals surface area contributed by atoms with Gasteiger partial charge in [0.2, 0.25) is 0 Å². The zero-order valence-corrected chi connectivity index (χ0v) is 13.1. The maximum atomic E-state index is 12.0. The Morgan fingerprint density at radius 1 is 0.667 bits per heavy atom. The summed E-state index contributed by atoms with van der Waals surface area (Å²) in [6.45, 7) is 0. The number of esters is 2. The minimum atomic E-state index is -0.343. The molecule has 0 radical (unpaired) electrons. The quantitative estimate of drug-likeness (QED) is 0.635. The van der Waals surface area contributed by atoms with Crippen molar-refractivity contribution in [3.63, 3.8) is 0 Å². The van der Waals surface area contributed by atoms with E-state index in [2.05, 4.69) is 0 Å². The van der Waals surface area contributed by atoms with Gasteiger partial charge in [-0.1, -0.05) is 36.4 Å². The van der Waals surface area contributed by atoms with Gasteiger partial charge >= 0.3 is 11.9 Å². The first-order valence-corrected chi connectivity index (χ1v) is 7.93. The number of ether oxygens (including phenoxy) is 2. The second kappa shape index (κ2) is 7.59. The third-order valence-corrected chi connectivity index (χ3v) is 3.81. The predicted molar refractivity (Wildman–Crippen MR) is 89.7 cm³/mol. The lowest BCUT2D eigenvalue weighted by molar-refractivity contribution is 0.0223. The SMILES string of the molecule is O=C(OC1C=CC(OC(=O)c2ccccc2)CC1)c1ccccc1. The molecule has 4 heteroatoms. The molecule has 122 valence electrons. The van der Waals surface area contributed by atoms with Crippen LogP contribution in [0.3, 0.4) is 0 Å². The highest BCUT2D eigenvalue weighted by Gasteiger charge is 2.22. The number of benzene rings is 2. The number of carbonyl (C=O) groups excluding carboxylic acids is 2. The summed E-state index contributed by atoms with van der Waals surface area (Å²) in [6.07, 6.45) is 4.25. The van der Waals surface area contributed by atoms with Gasteiger partial charge in [0.05, 0.1) is 11.1 Å². The van der Waals surface area contributed by atoms with Crippen molar-refractivity contribution in [3.8, 4) is 0 Å². The lowest BCUT2D eigenvalue weighted by Gasteiger charge is -2.23. The van der Waals surface area contributed by atoms with E-state index < -0.39 is 0 Å². The zero-order chi connectivity index (χ0) is 16.8. The van der Waals surface area contributed by atoms with Crippen LogP contribution < -0.4 is 0 Å². The molecule has 0 spiro atoms.